The molecule has 0 aromatic heterocycles. The van der Waals surface area contributed by atoms with Crippen LogP contribution < -0.4 is 10.1 Å². The Morgan fingerprint density at radius 1 is 1.15 bits per heavy atom. The summed E-state index contributed by atoms with van der Waals surface area (Å²) in [4.78, 5) is 23.6. The maximum absolute atomic E-state index is 12.5. The molecule has 0 aliphatic carbocycles. The van der Waals surface area contributed by atoms with Crippen molar-refractivity contribution in [1.82, 2.24) is 0 Å². The van der Waals surface area contributed by atoms with Crippen LogP contribution in [-0.2, 0) is 16.0 Å². The Kier molecular flexibility index (Phi) is 6.44. The van der Waals surface area contributed by atoms with Gasteiger partial charge in [0.15, 0.2) is 0 Å². The zero-order chi connectivity index (χ0) is 20.0. The zero-order valence-electron chi connectivity index (χ0n) is 14.4. The van der Waals surface area contributed by atoms with Crippen LogP contribution in [0.3, 0.4) is 0 Å². The van der Waals surface area contributed by atoms with Crippen molar-refractivity contribution in [2.24, 2.45) is 5.92 Å². The van der Waals surface area contributed by atoms with Crippen molar-refractivity contribution in [2.75, 3.05) is 5.32 Å². The summed E-state index contributed by atoms with van der Waals surface area (Å²) in [6.07, 6.45) is -4.94. The summed E-state index contributed by atoms with van der Waals surface area (Å²) in [6.45, 7) is 1.89. The number of nitrogens with one attached hydrogen (secondary N) is 1. The summed E-state index contributed by atoms with van der Waals surface area (Å²) in [7, 11) is 0. The van der Waals surface area contributed by atoms with Crippen LogP contribution in [0.1, 0.15) is 17.5 Å². The van der Waals surface area contributed by atoms with Gasteiger partial charge in [0.05, 0.1) is 12.3 Å². The summed E-state index contributed by atoms with van der Waals surface area (Å²) in [5.41, 5.74) is 2.06. The number of benzene rings is 2. The van der Waals surface area contributed by atoms with Gasteiger partial charge in [-0.1, -0.05) is 29.8 Å². The predicted molar refractivity (Wildman–Crippen MR) is 92.4 cm³/mol. The average Bonchev–Trinajstić information content (AvgIpc) is 2.54. The minimum absolute atomic E-state index is 0.231. The van der Waals surface area contributed by atoms with Crippen LogP contribution in [0.2, 0.25) is 0 Å². The summed E-state index contributed by atoms with van der Waals surface area (Å²) < 4.78 is 40.3. The minimum Gasteiger partial charge on any atom is -0.481 e. The molecular weight excluding hydrogens is 363 g/mol. The van der Waals surface area contributed by atoms with Crippen molar-refractivity contribution in [3.63, 3.8) is 0 Å². The molecule has 27 heavy (non-hydrogen) atoms. The Hall–Kier alpha value is -3.03. The second-order valence-corrected chi connectivity index (χ2v) is 6.05. The standard InChI is InChI=1S/C19H18F3NO4/c1-12-3-2-4-13(9-12)10-14(11-17(24)25)18(26)23-15-5-7-16(8-6-15)27-19(20,21)22/h2-9,14H,10-11H2,1H3,(H,23,26)(H,24,25)/t14-/m0/s1. The Morgan fingerprint density at radius 2 is 1.81 bits per heavy atom. The van der Waals surface area contributed by atoms with Crippen LogP contribution in [0.15, 0.2) is 48.5 Å². The highest BCUT2D eigenvalue weighted by molar-refractivity contribution is 5.94. The molecule has 1 amide bonds. The van der Waals surface area contributed by atoms with Crippen molar-refractivity contribution in [3.05, 3.63) is 59.7 Å². The normalized spacial score (nSPS) is 12.3. The molecule has 0 saturated carbocycles. The van der Waals surface area contributed by atoms with Crippen molar-refractivity contribution < 1.29 is 32.6 Å². The Bertz CT molecular complexity index is 803. The van der Waals surface area contributed by atoms with Gasteiger partial charge >= 0.3 is 12.3 Å². The number of hydrogen-bond acceptors (Lipinski definition) is 3. The number of carbonyl (C=O) groups is 2. The molecule has 2 aromatic rings. The van der Waals surface area contributed by atoms with Gasteiger partial charge in [-0.2, -0.15) is 0 Å². The third-order valence-corrected chi connectivity index (χ3v) is 3.71. The summed E-state index contributed by atoms with van der Waals surface area (Å²) in [5, 5.41) is 11.6. The van der Waals surface area contributed by atoms with Crippen molar-refractivity contribution in [2.45, 2.75) is 26.1 Å². The molecule has 2 aromatic carbocycles. The van der Waals surface area contributed by atoms with E-state index in [2.05, 4.69) is 10.1 Å². The smallest absolute Gasteiger partial charge is 0.481 e. The molecule has 0 unspecified atom stereocenters. The van der Waals surface area contributed by atoms with Crippen LogP contribution in [-0.4, -0.2) is 23.3 Å². The number of hydrogen-bond donors (Lipinski definition) is 2. The molecule has 0 bridgehead atoms. The highest BCUT2D eigenvalue weighted by atomic mass is 19.4. The van der Waals surface area contributed by atoms with Gasteiger partial charge in [-0.3, -0.25) is 9.59 Å². The van der Waals surface area contributed by atoms with Gasteiger partial charge in [-0.25, -0.2) is 0 Å². The van der Waals surface area contributed by atoms with Crippen molar-refractivity contribution in [1.29, 1.82) is 0 Å². The molecule has 144 valence electrons. The summed E-state index contributed by atoms with van der Waals surface area (Å²) in [6, 6.07) is 12.0. The Balaban J connectivity index is 2.07. The fourth-order valence-corrected chi connectivity index (χ4v) is 2.58. The molecule has 1 atom stereocenters. The van der Waals surface area contributed by atoms with Gasteiger partial charge in [0.25, 0.3) is 0 Å². The lowest BCUT2D eigenvalue weighted by Gasteiger charge is -2.16. The first kappa shape index (κ1) is 20.3. The van der Waals surface area contributed by atoms with E-state index in [9.17, 15) is 22.8 Å². The SMILES string of the molecule is Cc1cccc(C[C@@H](CC(=O)O)C(=O)Nc2ccc(OC(F)(F)F)cc2)c1. The predicted octanol–water partition coefficient (Wildman–Crippen LogP) is 4.17. The van der Waals surface area contributed by atoms with Crippen molar-refractivity contribution in [3.8, 4) is 5.75 Å². The van der Waals surface area contributed by atoms with Gasteiger partial charge in [0.1, 0.15) is 5.75 Å². The van der Waals surface area contributed by atoms with Crippen LogP contribution in [0.5, 0.6) is 5.75 Å². The second-order valence-electron chi connectivity index (χ2n) is 6.05. The highest BCUT2D eigenvalue weighted by Gasteiger charge is 2.31. The zero-order valence-corrected chi connectivity index (χ0v) is 14.4. The topological polar surface area (TPSA) is 75.6 Å². The molecule has 0 radical (unpaired) electrons. The lowest BCUT2D eigenvalue weighted by molar-refractivity contribution is -0.274. The quantitative estimate of drug-likeness (QED) is 0.755. The maximum atomic E-state index is 12.5. The minimum atomic E-state index is -4.80. The molecule has 0 saturated heterocycles. The van der Waals surface area contributed by atoms with E-state index in [0.717, 1.165) is 23.3 Å². The Morgan fingerprint density at radius 3 is 2.37 bits per heavy atom. The number of ether oxygens (including phenoxy) is 1. The fraction of sp³-hybridized carbons (Fsp3) is 0.263. The molecule has 0 aliphatic heterocycles. The molecule has 0 spiro atoms. The van der Waals surface area contributed by atoms with E-state index in [-0.39, 0.29) is 18.5 Å². The van der Waals surface area contributed by atoms with Gasteiger partial charge < -0.3 is 15.2 Å². The molecule has 0 fully saturated rings. The monoisotopic (exact) mass is 381 g/mol. The number of halogens is 3. The Labute approximate surface area is 153 Å². The van der Waals surface area contributed by atoms with Crippen LogP contribution in [0.25, 0.3) is 0 Å². The third-order valence-electron chi connectivity index (χ3n) is 3.71. The maximum Gasteiger partial charge on any atom is 0.573 e. The number of aryl methyl sites for hydroxylation is 1. The summed E-state index contributed by atoms with van der Waals surface area (Å²) in [5.74, 6) is -2.88. The first-order valence-corrected chi connectivity index (χ1v) is 8.06. The van der Waals surface area contributed by atoms with Crippen molar-refractivity contribution >= 4 is 17.6 Å². The molecule has 0 aliphatic rings. The van der Waals surface area contributed by atoms with Crippen LogP contribution in [0, 0.1) is 12.8 Å². The fourth-order valence-electron chi connectivity index (χ4n) is 2.58. The molecule has 8 heteroatoms. The number of carboxylic acid groups (broad SMARTS) is 1. The molecule has 5 nitrogen and oxygen atoms in total. The van der Waals surface area contributed by atoms with E-state index >= 15 is 0 Å². The summed E-state index contributed by atoms with van der Waals surface area (Å²) >= 11 is 0. The average molecular weight is 381 g/mol. The van der Waals surface area contributed by atoms with E-state index in [1.54, 1.807) is 6.07 Å². The number of carbonyl (C=O) groups excluding carboxylic acids is 1. The number of rotatable bonds is 7. The van der Waals surface area contributed by atoms with E-state index in [4.69, 9.17) is 5.11 Å². The number of carboxylic acids is 1. The largest absolute Gasteiger partial charge is 0.573 e. The molecule has 0 heterocycles. The number of amides is 1. The van der Waals surface area contributed by atoms with E-state index in [1.165, 1.54) is 12.1 Å². The molecule has 2 rings (SSSR count). The lowest BCUT2D eigenvalue weighted by atomic mass is 9.94. The first-order chi connectivity index (χ1) is 12.6. The van der Waals surface area contributed by atoms with Gasteiger partial charge in [0.2, 0.25) is 5.91 Å². The second kappa shape index (κ2) is 8.57. The highest BCUT2D eigenvalue weighted by Crippen LogP contribution is 2.24. The van der Waals surface area contributed by atoms with Crippen LogP contribution >= 0.6 is 0 Å². The van der Waals surface area contributed by atoms with Gasteiger partial charge in [-0.15, -0.1) is 13.2 Å². The number of anilines is 1. The van der Waals surface area contributed by atoms with E-state index in [0.29, 0.717) is 0 Å². The molecular formula is C19H18F3NO4. The third kappa shape index (κ3) is 7.01. The first-order valence-electron chi connectivity index (χ1n) is 8.06. The number of aliphatic carboxylic acids is 1. The van der Waals surface area contributed by atoms with Crippen LogP contribution in [0.4, 0.5) is 18.9 Å². The van der Waals surface area contributed by atoms with E-state index < -0.39 is 29.9 Å². The number of alkyl halides is 3. The van der Waals surface area contributed by atoms with Gasteiger partial charge in [0, 0.05) is 5.69 Å². The van der Waals surface area contributed by atoms with E-state index in [1.807, 2.05) is 25.1 Å². The van der Waals surface area contributed by atoms with Gasteiger partial charge in [-0.05, 0) is 43.2 Å². The lowest BCUT2D eigenvalue weighted by Crippen LogP contribution is -2.27. The molecule has 2 N–H and O–H groups in total.